The van der Waals surface area contributed by atoms with E-state index in [0.717, 1.165) is 12.0 Å². The molecule has 5 nitrogen and oxygen atoms in total. The van der Waals surface area contributed by atoms with Crippen LogP contribution in [0.3, 0.4) is 0 Å². The maximum atomic E-state index is 13.2. The first kappa shape index (κ1) is 24.7. The largest absolute Gasteiger partial charge is 0.372 e. The normalized spacial score (nSPS) is 17.5. The number of hydrogen-bond acceptors (Lipinski definition) is 4. The van der Waals surface area contributed by atoms with E-state index >= 15 is 0 Å². The van der Waals surface area contributed by atoms with E-state index in [4.69, 9.17) is 0 Å². The van der Waals surface area contributed by atoms with Crippen LogP contribution in [0.5, 0.6) is 0 Å². The lowest BCUT2D eigenvalue weighted by molar-refractivity contribution is -0.136. The number of nitrogens with zero attached hydrogens (tertiary/aromatic N) is 2. The van der Waals surface area contributed by atoms with Crippen molar-refractivity contribution in [3.63, 3.8) is 0 Å². The number of benzene rings is 3. The molecular weight excluding hydrogens is 434 g/mol. The number of carbonyl (C=O) groups is 1. The van der Waals surface area contributed by atoms with E-state index in [9.17, 15) is 9.90 Å². The molecule has 0 saturated heterocycles. The summed E-state index contributed by atoms with van der Waals surface area (Å²) in [6.45, 7) is 11.3. The molecular formula is C30H35N3O2. The number of amides is 1. The molecule has 0 radical (unpaired) electrons. The van der Waals surface area contributed by atoms with E-state index < -0.39 is 11.5 Å². The number of aliphatic hydroxyl groups is 1. The Morgan fingerprint density at radius 1 is 1.06 bits per heavy atom. The molecule has 0 fully saturated rings. The molecule has 182 valence electrons. The van der Waals surface area contributed by atoms with Gasteiger partial charge in [-0.15, -0.1) is 0 Å². The third kappa shape index (κ3) is 4.73. The second-order valence-corrected chi connectivity index (χ2v) is 10.3. The lowest BCUT2D eigenvalue weighted by Gasteiger charge is -2.50. The van der Waals surface area contributed by atoms with Crippen molar-refractivity contribution in [2.45, 2.75) is 64.1 Å². The highest BCUT2D eigenvalue weighted by Crippen LogP contribution is 2.44. The zero-order valence-electron chi connectivity index (χ0n) is 21.2. The van der Waals surface area contributed by atoms with Crippen molar-refractivity contribution in [2.24, 2.45) is 5.10 Å². The Morgan fingerprint density at radius 3 is 2.17 bits per heavy atom. The molecule has 1 aliphatic rings. The minimum absolute atomic E-state index is 0.0868. The lowest BCUT2D eigenvalue weighted by atomic mass is 9.79. The average Bonchev–Trinajstić information content (AvgIpc) is 2.84. The number of carbonyl (C=O) groups excluding carboxylic acids is 1. The van der Waals surface area contributed by atoms with Gasteiger partial charge in [0.25, 0.3) is 5.91 Å². The predicted molar refractivity (Wildman–Crippen MR) is 143 cm³/mol. The van der Waals surface area contributed by atoms with Gasteiger partial charge in [0.1, 0.15) is 0 Å². The van der Waals surface area contributed by atoms with E-state index in [1.807, 2.05) is 18.2 Å². The quantitative estimate of drug-likeness (QED) is 0.366. The van der Waals surface area contributed by atoms with E-state index in [2.05, 4.69) is 62.2 Å². The van der Waals surface area contributed by atoms with Gasteiger partial charge >= 0.3 is 0 Å². The van der Waals surface area contributed by atoms with Crippen molar-refractivity contribution >= 4 is 17.8 Å². The van der Waals surface area contributed by atoms with Crippen LogP contribution in [0.1, 0.15) is 69.2 Å². The van der Waals surface area contributed by atoms with Crippen LogP contribution in [0.2, 0.25) is 0 Å². The highest BCUT2D eigenvalue weighted by atomic mass is 16.3. The van der Waals surface area contributed by atoms with Crippen molar-refractivity contribution in [3.8, 4) is 0 Å². The van der Waals surface area contributed by atoms with Crippen LogP contribution in [0.15, 0.2) is 84.0 Å². The summed E-state index contributed by atoms with van der Waals surface area (Å²) in [7, 11) is 0. The Hall–Kier alpha value is -3.44. The monoisotopic (exact) mass is 469 g/mol. The van der Waals surface area contributed by atoms with Crippen LogP contribution >= 0.6 is 0 Å². The second-order valence-electron chi connectivity index (χ2n) is 10.3. The molecule has 4 rings (SSSR count). The Balaban J connectivity index is 1.59. The van der Waals surface area contributed by atoms with Crippen LogP contribution in [0.4, 0.5) is 5.69 Å². The smallest absolute Gasteiger partial charge is 0.281 e. The Kier molecular flexibility index (Phi) is 6.82. The van der Waals surface area contributed by atoms with Crippen LogP contribution < -0.4 is 10.3 Å². The van der Waals surface area contributed by atoms with Gasteiger partial charge in [0.05, 0.1) is 6.21 Å². The van der Waals surface area contributed by atoms with Gasteiger partial charge in [-0.2, -0.15) is 5.10 Å². The fourth-order valence-corrected chi connectivity index (χ4v) is 5.56. The van der Waals surface area contributed by atoms with Crippen molar-refractivity contribution in [2.75, 3.05) is 4.90 Å². The highest BCUT2D eigenvalue weighted by Gasteiger charge is 2.40. The molecule has 1 amide bonds. The molecule has 0 spiro atoms. The van der Waals surface area contributed by atoms with E-state index in [1.165, 1.54) is 11.3 Å². The van der Waals surface area contributed by atoms with E-state index in [0.29, 0.717) is 23.1 Å². The number of rotatable bonds is 6. The first-order chi connectivity index (χ1) is 16.6. The molecule has 0 bridgehead atoms. The summed E-state index contributed by atoms with van der Waals surface area (Å²) in [5.41, 5.74) is 5.22. The number of hydrogen-bond donors (Lipinski definition) is 2. The second kappa shape index (κ2) is 9.67. The number of fused-ring (bicyclic) bond motifs is 1. The van der Waals surface area contributed by atoms with Gasteiger partial charge in [-0.25, -0.2) is 5.43 Å². The molecule has 1 atom stereocenters. The van der Waals surface area contributed by atoms with Gasteiger partial charge in [-0.1, -0.05) is 73.7 Å². The topological polar surface area (TPSA) is 64.9 Å². The zero-order chi connectivity index (χ0) is 25.2. The fraction of sp³-hybridized carbons (Fsp3) is 0.333. The Bertz CT molecular complexity index is 1160. The summed E-state index contributed by atoms with van der Waals surface area (Å²) < 4.78 is 0. The maximum Gasteiger partial charge on any atom is 0.281 e. The standard InChI is InChI=1S/C30H35N3O2/c1-21(2)33-27-17-16-23(18-26(27)22(3)19-29(33,4)5)20-31-32-28(34)30(35,24-12-8-6-9-13-24)25-14-10-7-11-15-25/h6-18,20-22,35H,19H2,1-5H3,(H,32,34)/b31-20-/t22-/m1/s1. The van der Waals surface area contributed by atoms with Gasteiger partial charge < -0.3 is 10.0 Å². The van der Waals surface area contributed by atoms with Gasteiger partial charge in [-0.05, 0) is 74.4 Å². The molecule has 0 aromatic heterocycles. The van der Waals surface area contributed by atoms with Gasteiger partial charge in [0.2, 0.25) is 0 Å². The van der Waals surface area contributed by atoms with Gasteiger partial charge in [0, 0.05) is 17.3 Å². The molecule has 3 aromatic rings. The van der Waals surface area contributed by atoms with Crippen LogP contribution in [-0.2, 0) is 10.4 Å². The zero-order valence-corrected chi connectivity index (χ0v) is 21.2. The number of anilines is 1. The Labute approximate surface area is 208 Å². The minimum atomic E-state index is -1.85. The number of hydrazone groups is 1. The molecule has 35 heavy (non-hydrogen) atoms. The molecule has 0 aliphatic carbocycles. The van der Waals surface area contributed by atoms with Crippen molar-refractivity contribution in [1.29, 1.82) is 0 Å². The molecule has 1 aliphatic heterocycles. The maximum absolute atomic E-state index is 13.2. The predicted octanol–water partition coefficient (Wildman–Crippen LogP) is 5.57. The molecule has 1 heterocycles. The summed E-state index contributed by atoms with van der Waals surface area (Å²) in [6, 6.07) is 24.6. The van der Waals surface area contributed by atoms with Crippen molar-refractivity contribution in [1.82, 2.24) is 5.43 Å². The van der Waals surface area contributed by atoms with Gasteiger partial charge in [0.15, 0.2) is 5.60 Å². The molecule has 2 N–H and O–H groups in total. The number of nitrogens with one attached hydrogen (secondary N) is 1. The summed E-state index contributed by atoms with van der Waals surface area (Å²) in [5.74, 6) is -0.190. The summed E-state index contributed by atoms with van der Waals surface area (Å²) in [6.07, 6.45) is 2.71. The van der Waals surface area contributed by atoms with Crippen LogP contribution in [0.25, 0.3) is 0 Å². The third-order valence-corrected chi connectivity index (χ3v) is 6.91. The van der Waals surface area contributed by atoms with E-state index in [1.54, 1.807) is 54.7 Å². The lowest BCUT2D eigenvalue weighted by Crippen LogP contribution is -2.51. The van der Waals surface area contributed by atoms with Crippen LogP contribution in [-0.4, -0.2) is 28.8 Å². The molecule has 3 aromatic carbocycles. The fourth-order valence-electron chi connectivity index (χ4n) is 5.56. The Morgan fingerprint density at radius 2 is 1.63 bits per heavy atom. The minimum Gasteiger partial charge on any atom is -0.372 e. The SMILES string of the molecule is CC(C)N1c2ccc(/C=N\NC(=O)C(O)(c3ccccc3)c3ccccc3)cc2[C@H](C)CC1(C)C. The van der Waals surface area contributed by atoms with Crippen LogP contribution in [0, 0.1) is 0 Å². The summed E-state index contributed by atoms with van der Waals surface area (Å²) in [5, 5.41) is 15.8. The summed E-state index contributed by atoms with van der Waals surface area (Å²) in [4.78, 5) is 15.7. The molecule has 5 heteroatoms. The van der Waals surface area contributed by atoms with Crippen molar-refractivity contribution in [3.05, 3.63) is 101 Å². The van der Waals surface area contributed by atoms with E-state index in [-0.39, 0.29) is 5.54 Å². The molecule has 0 unspecified atom stereocenters. The van der Waals surface area contributed by atoms with Crippen molar-refractivity contribution < 1.29 is 9.90 Å². The third-order valence-electron chi connectivity index (χ3n) is 6.91. The average molecular weight is 470 g/mol. The first-order valence-corrected chi connectivity index (χ1v) is 12.2. The molecule has 0 saturated carbocycles. The van der Waals surface area contributed by atoms with Gasteiger partial charge in [-0.3, -0.25) is 4.79 Å². The summed E-state index contributed by atoms with van der Waals surface area (Å²) >= 11 is 0. The first-order valence-electron chi connectivity index (χ1n) is 12.2. The highest BCUT2D eigenvalue weighted by molar-refractivity contribution is 5.91.